The molecular formula is C16H24F2N2. The summed E-state index contributed by atoms with van der Waals surface area (Å²) in [6, 6.07) is 4.88. The van der Waals surface area contributed by atoms with E-state index >= 15 is 0 Å². The van der Waals surface area contributed by atoms with Crippen LogP contribution >= 0.6 is 0 Å². The zero-order valence-corrected chi connectivity index (χ0v) is 12.3. The SMILES string of the molecule is CC(C)N1CCC(NCCc2cc(F)cc(F)c2)CC1. The fraction of sp³-hybridized carbons (Fsp3) is 0.625. The minimum atomic E-state index is -0.495. The second-order valence-corrected chi connectivity index (χ2v) is 5.89. The Kier molecular flexibility index (Phi) is 5.49. The van der Waals surface area contributed by atoms with Crippen molar-refractivity contribution in [2.24, 2.45) is 0 Å². The van der Waals surface area contributed by atoms with Crippen LogP contribution in [-0.2, 0) is 6.42 Å². The van der Waals surface area contributed by atoms with E-state index in [0.717, 1.165) is 44.1 Å². The predicted molar refractivity (Wildman–Crippen MR) is 77.8 cm³/mol. The molecule has 0 radical (unpaired) electrons. The van der Waals surface area contributed by atoms with E-state index in [9.17, 15) is 8.78 Å². The Labute approximate surface area is 120 Å². The number of benzene rings is 1. The lowest BCUT2D eigenvalue weighted by Gasteiger charge is -2.35. The molecule has 2 rings (SSSR count). The lowest BCUT2D eigenvalue weighted by Crippen LogP contribution is -2.45. The third-order valence-corrected chi connectivity index (χ3v) is 4.03. The second kappa shape index (κ2) is 7.14. The molecule has 0 atom stereocenters. The highest BCUT2D eigenvalue weighted by Crippen LogP contribution is 2.13. The quantitative estimate of drug-likeness (QED) is 0.893. The van der Waals surface area contributed by atoms with E-state index in [4.69, 9.17) is 0 Å². The van der Waals surface area contributed by atoms with Crippen molar-refractivity contribution < 1.29 is 8.78 Å². The maximum atomic E-state index is 13.1. The molecule has 0 unspecified atom stereocenters. The van der Waals surface area contributed by atoms with E-state index in [0.29, 0.717) is 18.5 Å². The molecule has 1 aromatic carbocycles. The first kappa shape index (κ1) is 15.4. The van der Waals surface area contributed by atoms with E-state index in [1.165, 1.54) is 12.1 Å². The normalized spacial score (nSPS) is 17.9. The van der Waals surface area contributed by atoms with Gasteiger partial charge >= 0.3 is 0 Å². The number of nitrogens with one attached hydrogen (secondary N) is 1. The molecule has 112 valence electrons. The van der Waals surface area contributed by atoms with Gasteiger partial charge in [-0.3, -0.25) is 0 Å². The Morgan fingerprint density at radius 2 is 1.75 bits per heavy atom. The summed E-state index contributed by atoms with van der Waals surface area (Å²) in [4.78, 5) is 2.49. The summed E-state index contributed by atoms with van der Waals surface area (Å²) in [5, 5.41) is 3.50. The molecule has 0 bridgehead atoms. The van der Waals surface area contributed by atoms with Gasteiger partial charge in [-0.15, -0.1) is 0 Å². The summed E-state index contributed by atoms with van der Waals surface area (Å²) >= 11 is 0. The maximum absolute atomic E-state index is 13.1. The van der Waals surface area contributed by atoms with Gasteiger partial charge in [0.05, 0.1) is 0 Å². The fourth-order valence-corrected chi connectivity index (χ4v) is 2.80. The molecule has 0 aliphatic carbocycles. The summed E-state index contributed by atoms with van der Waals surface area (Å²) in [6.45, 7) is 7.49. The topological polar surface area (TPSA) is 15.3 Å². The third kappa shape index (κ3) is 4.53. The standard InChI is InChI=1S/C16H24F2N2/c1-12(2)20-7-4-16(5-8-20)19-6-3-13-9-14(17)11-15(18)10-13/h9-12,16,19H,3-8H2,1-2H3. The zero-order chi connectivity index (χ0) is 14.5. The maximum Gasteiger partial charge on any atom is 0.126 e. The number of halogens is 2. The van der Waals surface area contributed by atoms with E-state index in [2.05, 4.69) is 24.1 Å². The summed E-state index contributed by atoms with van der Waals surface area (Å²) < 4.78 is 26.1. The molecule has 1 N–H and O–H groups in total. The van der Waals surface area contributed by atoms with Crippen molar-refractivity contribution in [2.75, 3.05) is 19.6 Å². The van der Waals surface area contributed by atoms with Gasteiger partial charge in [0.1, 0.15) is 11.6 Å². The number of likely N-dealkylation sites (tertiary alicyclic amines) is 1. The molecule has 20 heavy (non-hydrogen) atoms. The Morgan fingerprint density at radius 3 is 2.30 bits per heavy atom. The average molecular weight is 282 g/mol. The van der Waals surface area contributed by atoms with E-state index in [1.54, 1.807) is 0 Å². The molecule has 1 aromatic rings. The van der Waals surface area contributed by atoms with Crippen molar-refractivity contribution in [3.8, 4) is 0 Å². The van der Waals surface area contributed by atoms with Crippen molar-refractivity contribution >= 4 is 0 Å². The highest BCUT2D eigenvalue weighted by molar-refractivity contribution is 5.18. The first-order valence-electron chi connectivity index (χ1n) is 7.47. The molecule has 1 aliphatic rings. The van der Waals surface area contributed by atoms with Gasteiger partial charge in [0.2, 0.25) is 0 Å². The average Bonchev–Trinajstić information content (AvgIpc) is 2.38. The fourth-order valence-electron chi connectivity index (χ4n) is 2.80. The molecule has 0 aromatic heterocycles. The smallest absolute Gasteiger partial charge is 0.126 e. The molecule has 1 heterocycles. The van der Waals surface area contributed by atoms with Gasteiger partial charge < -0.3 is 10.2 Å². The minimum Gasteiger partial charge on any atom is -0.314 e. The van der Waals surface area contributed by atoms with Crippen LogP contribution in [0, 0.1) is 11.6 Å². The van der Waals surface area contributed by atoms with Gasteiger partial charge in [-0.25, -0.2) is 8.78 Å². The lowest BCUT2D eigenvalue weighted by molar-refractivity contribution is 0.161. The Bertz CT molecular complexity index is 406. The van der Waals surface area contributed by atoms with Gasteiger partial charge in [0, 0.05) is 18.2 Å². The van der Waals surface area contributed by atoms with Crippen LogP contribution in [0.1, 0.15) is 32.3 Å². The van der Waals surface area contributed by atoms with Gasteiger partial charge in [-0.1, -0.05) is 0 Å². The molecular weight excluding hydrogens is 258 g/mol. The molecule has 2 nitrogen and oxygen atoms in total. The number of hydrogen-bond acceptors (Lipinski definition) is 2. The Morgan fingerprint density at radius 1 is 1.15 bits per heavy atom. The van der Waals surface area contributed by atoms with Gasteiger partial charge in [0.25, 0.3) is 0 Å². The molecule has 0 amide bonds. The highest BCUT2D eigenvalue weighted by atomic mass is 19.1. The molecule has 1 saturated heterocycles. The van der Waals surface area contributed by atoms with E-state index in [-0.39, 0.29) is 0 Å². The van der Waals surface area contributed by atoms with Crippen molar-refractivity contribution in [1.29, 1.82) is 0 Å². The van der Waals surface area contributed by atoms with Crippen LogP contribution in [0.3, 0.4) is 0 Å². The predicted octanol–water partition coefficient (Wildman–Crippen LogP) is 2.97. The first-order chi connectivity index (χ1) is 9.54. The van der Waals surface area contributed by atoms with Gasteiger partial charge in [0.15, 0.2) is 0 Å². The number of hydrogen-bond donors (Lipinski definition) is 1. The summed E-state index contributed by atoms with van der Waals surface area (Å²) in [7, 11) is 0. The van der Waals surface area contributed by atoms with Crippen LogP contribution in [0.4, 0.5) is 8.78 Å². The summed E-state index contributed by atoms with van der Waals surface area (Å²) in [5.74, 6) is -0.990. The van der Waals surface area contributed by atoms with Crippen molar-refractivity contribution in [3.63, 3.8) is 0 Å². The summed E-state index contributed by atoms with van der Waals surface area (Å²) in [5.41, 5.74) is 0.717. The number of piperidine rings is 1. The molecule has 4 heteroatoms. The van der Waals surface area contributed by atoms with Crippen molar-refractivity contribution in [1.82, 2.24) is 10.2 Å². The van der Waals surface area contributed by atoms with Crippen LogP contribution in [0.2, 0.25) is 0 Å². The summed E-state index contributed by atoms with van der Waals surface area (Å²) in [6.07, 6.45) is 2.96. The largest absolute Gasteiger partial charge is 0.314 e. The van der Waals surface area contributed by atoms with Crippen LogP contribution in [0.5, 0.6) is 0 Å². The van der Waals surface area contributed by atoms with E-state index < -0.39 is 11.6 Å². The molecule has 1 fully saturated rings. The highest BCUT2D eigenvalue weighted by Gasteiger charge is 2.19. The van der Waals surface area contributed by atoms with Crippen LogP contribution in [0.25, 0.3) is 0 Å². The minimum absolute atomic E-state index is 0.495. The number of nitrogens with zero attached hydrogens (tertiary/aromatic N) is 1. The molecule has 1 aliphatic heterocycles. The Hall–Kier alpha value is -1.00. The van der Waals surface area contributed by atoms with Gasteiger partial charge in [-0.2, -0.15) is 0 Å². The van der Waals surface area contributed by atoms with Crippen molar-refractivity contribution in [2.45, 2.75) is 45.2 Å². The molecule has 0 spiro atoms. The first-order valence-corrected chi connectivity index (χ1v) is 7.47. The van der Waals surface area contributed by atoms with Crippen LogP contribution in [-0.4, -0.2) is 36.6 Å². The van der Waals surface area contributed by atoms with Gasteiger partial charge in [-0.05, 0) is 70.4 Å². The molecule has 0 saturated carbocycles. The number of rotatable bonds is 5. The Balaban J connectivity index is 1.71. The van der Waals surface area contributed by atoms with Crippen LogP contribution in [0.15, 0.2) is 18.2 Å². The monoisotopic (exact) mass is 282 g/mol. The third-order valence-electron chi connectivity index (χ3n) is 4.03. The van der Waals surface area contributed by atoms with E-state index in [1.807, 2.05) is 0 Å². The van der Waals surface area contributed by atoms with Crippen LogP contribution < -0.4 is 5.32 Å². The van der Waals surface area contributed by atoms with Crippen molar-refractivity contribution in [3.05, 3.63) is 35.4 Å². The lowest BCUT2D eigenvalue weighted by atomic mass is 10.0. The zero-order valence-electron chi connectivity index (χ0n) is 12.3. The second-order valence-electron chi connectivity index (χ2n) is 5.89.